The average molecular weight is 491 g/mol. The number of anilines is 1. The summed E-state index contributed by atoms with van der Waals surface area (Å²) in [5, 5.41) is 4.67. The minimum atomic E-state index is -0.118. The summed E-state index contributed by atoms with van der Waals surface area (Å²) < 4.78 is 5.35. The quantitative estimate of drug-likeness (QED) is 0.357. The molecule has 2 heterocycles. The second-order valence-corrected chi connectivity index (χ2v) is 9.32. The van der Waals surface area contributed by atoms with E-state index in [1.165, 1.54) is 17.3 Å². The van der Waals surface area contributed by atoms with Crippen LogP contribution in [0.15, 0.2) is 76.8 Å². The standard InChI is InChI=1S/C26H23ClN4O2S/c1-33-24-12-10-19(15-21(24)27)25(28-20-7-3-2-4-8-20)31-13-5-6-18-14-17(9-11-23(18)31)22-16-34-26(32)30-29-22/h2-4,7-12,14-15H,5-6,13,16H2,1H3,(H,30,32). The van der Waals surface area contributed by atoms with Gasteiger partial charge in [0.2, 0.25) is 0 Å². The number of hydrogen-bond donors (Lipinski definition) is 1. The number of benzene rings is 3. The van der Waals surface area contributed by atoms with Gasteiger partial charge in [-0.3, -0.25) is 4.79 Å². The molecule has 0 radical (unpaired) electrons. The molecule has 0 bridgehead atoms. The van der Waals surface area contributed by atoms with Crippen LogP contribution in [0.3, 0.4) is 0 Å². The SMILES string of the molecule is COc1ccc(C(=Nc2ccccc2)N2CCCc3cc(C4=NNC(=O)SC4)ccc32)cc1Cl. The fourth-order valence-corrected chi connectivity index (χ4v) is 5.03. The van der Waals surface area contributed by atoms with E-state index < -0.39 is 0 Å². The maximum atomic E-state index is 11.4. The number of nitrogens with zero attached hydrogens (tertiary/aromatic N) is 3. The van der Waals surface area contributed by atoms with Crippen molar-refractivity contribution in [2.75, 3.05) is 24.3 Å². The Bertz CT molecular complexity index is 1290. The lowest BCUT2D eigenvalue weighted by Gasteiger charge is -2.33. The molecule has 0 spiro atoms. The summed E-state index contributed by atoms with van der Waals surface area (Å²) in [4.78, 5) is 18.7. The van der Waals surface area contributed by atoms with Crippen LogP contribution >= 0.6 is 23.4 Å². The number of aliphatic imine (C=N–C) groups is 1. The summed E-state index contributed by atoms with van der Waals surface area (Å²) in [6.07, 6.45) is 1.96. The topological polar surface area (TPSA) is 66.3 Å². The van der Waals surface area contributed by atoms with Gasteiger partial charge in [0.15, 0.2) is 0 Å². The Morgan fingerprint density at radius 2 is 2.00 bits per heavy atom. The molecule has 3 aromatic rings. The molecule has 34 heavy (non-hydrogen) atoms. The number of hydrazone groups is 1. The molecule has 1 N–H and O–H groups in total. The lowest BCUT2D eigenvalue weighted by atomic mass is 9.97. The molecule has 0 aliphatic carbocycles. The van der Waals surface area contributed by atoms with Gasteiger partial charge in [-0.05, 0) is 66.4 Å². The Labute approximate surface area is 207 Å². The highest BCUT2D eigenvalue weighted by atomic mass is 35.5. The number of fused-ring (bicyclic) bond motifs is 1. The van der Waals surface area contributed by atoms with Gasteiger partial charge in [0.25, 0.3) is 5.24 Å². The number of thioether (sulfide) groups is 1. The molecule has 0 fully saturated rings. The fourth-order valence-electron chi connectivity index (χ4n) is 4.17. The highest BCUT2D eigenvalue weighted by molar-refractivity contribution is 8.14. The summed E-state index contributed by atoms with van der Waals surface area (Å²) in [5.74, 6) is 2.04. The first-order valence-electron chi connectivity index (χ1n) is 11.0. The monoisotopic (exact) mass is 490 g/mol. The molecule has 172 valence electrons. The largest absolute Gasteiger partial charge is 0.495 e. The number of amides is 1. The smallest absolute Gasteiger partial charge is 0.299 e. The zero-order valence-corrected chi connectivity index (χ0v) is 20.2. The van der Waals surface area contributed by atoms with Crippen molar-refractivity contribution in [1.82, 2.24) is 5.43 Å². The summed E-state index contributed by atoms with van der Waals surface area (Å²) in [5.41, 5.74) is 8.61. The predicted octanol–water partition coefficient (Wildman–Crippen LogP) is 6.04. The average Bonchev–Trinajstić information content (AvgIpc) is 2.88. The summed E-state index contributed by atoms with van der Waals surface area (Å²) >= 11 is 7.72. The molecule has 2 aliphatic rings. The van der Waals surface area contributed by atoms with E-state index in [-0.39, 0.29) is 5.24 Å². The van der Waals surface area contributed by atoms with E-state index >= 15 is 0 Å². The van der Waals surface area contributed by atoms with E-state index in [1.54, 1.807) is 7.11 Å². The lowest BCUT2D eigenvalue weighted by molar-refractivity contribution is 0.261. The van der Waals surface area contributed by atoms with Gasteiger partial charge in [-0.1, -0.05) is 47.6 Å². The van der Waals surface area contributed by atoms with E-state index in [1.807, 2.05) is 48.5 Å². The van der Waals surface area contributed by atoms with Gasteiger partial charge in [0.1, 0.15) is 11.6 Å². The van der Waals surface area contributed by atoms with E-state index in [0.29, 0.717) is 16.5 Å². The van der Waals surface area contributed by atoms with Crippen molar-refractivity contribution in [3.63, 3.8) is 0 Å². The Hall–Kier alpha value is -3.29. The van der Waals surface area contributed by atoms with Crippen LogP contribution in [0.5, 0.6) is 5.75 Å². The van der Waals surface area contributed by atoms with E-state index in [0.717, 1.165) is 53.4 Å². The van der Waals surface area contributed by atoms with Crippen LogP contribution in [0.4, 0.5) is 16.2 Å². The third-order valence-electron chi connectivity index (χ3n) is 5.81. The van der Waals surface area contributed by atoms with Gasteiger partial charge in [-0.15, -0.1) is 0 Å². The number of para-hydroxylation sites is 1. The maximum absolute atomic E-state index is 11.4. The fraction of sp³-hybridized carbons (Fsp3) is 0.192. The number of ether oxygens (including phenoxy) is 1. The second kappa shape index (κ2) is 9.91. The van der Waals surface area contributed by atoms with Crippen LogP contribution in [0, 0.1) is 0 Å². The Morgan fingerprint density at radius 3 is 2.74 bits per heavy atom. The third-order valence-corrected chi connectivity index (χ3v) is 6.88. The number of nitrogens with one attached hydrogen (secondary N) is 1. The number of rotatable bonds is 4. The summed E-state index contributed by atoms with van der Waals surface area (Å²) in [6.45, 7) is 0.842. The normalized spacial score (nSPS) is 15.9. The molecule has 3 aromatic carbocycles. The Balaban J connectivity index is 1.57. The molecule has 2 aliphatic heterocycles. The molecule has 0 aromatic heterocycles. The zero-order valence-electron chi connectivity index (χ0n) is 18.6. The molecule has 0 saturated carbocycles. The van der Waals surface area contributed by atoms with Crippen molar-refractivity contribution < 1.29 is 9.53 Å². The van der Waals surface area contributed by atoms with E-state index in [2.05, 4.69) is 33.6 Å². The molecule has 0 saturated heterocycles. The highest BCUT2D eigenvalue weighted by Gasteiger charge is 2.24. The highest BCUT2D eigenvalue weighted by Crippen LogP contribution is 2.33. The first-order valence-corrected chi connectivity index (χ1v) is 12.4. The maximum Gasteiger partial charge on any atom is 0.299 e. The van der Waals surface area contributed by atoms with Gasteiger partial charge in [0, 0.05) is 23.5 Å². The van der Waals surface area contributed by atoms with Crippen molar-refractivity contribution in [2.24, 2.45) is 10.1 Å². The minimum absolute atomic E-state index is 0.118. The zero-order chi connectivity index (χ0) is 23.5. The number of carbonyl (C=O) groups excluding carboxylic acids is 1. The van der Waals surface area contributed by atoms with Crippen LogP contribution in [-0.2, 0) is 6.42 Å². The van der Waals surface area contributed by atoms with Gasteiger partial charge < -0.3 is 9.64 Å². The van der Waals surface area contributed by atoms with Crippen LogP contribution < -0.4 is 15.1 Å². The molecule has 5 rings (SSSR count). The number of aryl methyl sites for hydroxylation is 1. The van der Waals surface area contributed by atoms with Crippen molar-refractivity contribution in [2.45, 2.75) is 12.8 Å². The van der Waals surface area contributed by atoms with Crippen molar-refractivity contribution >= 4 is 51.5 Å². The first kappa shape index (κ1) is 22.5. The van der Waals surface area contributed by atoms with Crippen molar-refractivity contribution in [1.29, 1.82) is 0 Å². The number of amidine groups is 1. The Kier molecular flexibility index (Phi) is 6.56. The van der Waals surface area contributed by atoms with E-state index in [4.69, 9.17) is 21.3 Å². The third kappa shape index (κ3) is 4.67. The van der Waals surface area contributed by atoms with Crippen molar-refractivity contribution in [3.8, 4) is 5.75 Å². The van der Waals surface area contributed by atoms with Crippen LogP contribution in [0.25, 0.3) is 0 Å². The lowest BCUT2D eigenvalue weighted by Crippen LogP contribution is -2.36. The van der Waals surface area contributed by atoms with Crippen LogP contribution in [0.2, 0.25) is 5.02 Å². The molecule has 1 amide bonds. The molecule has 8 heteroatoms. The van der Waals surface area contributed by atoms with Crippen molar-refractivity contribution in [3.05, 3.63) is 88.4 Å². The first-order chi connectivity index (χ1) is 16.6. The summed E-state index contributed by atoms with van der Waals surface area (Å²) in [6, 6.07) is 22.1. The van der Waals surface area contributed by atoms with Gasteiger partial charge in [0.05, 0.1) is 23.5 Å². The van der Waals surface area contributed by atoms with E-state index in [9.17, 15) is 4.79 Å². The molecular formula is C26H23ClN4O2S. The van der Waals surface area contributed by atoms with Crippen LogP contribution in [-0.4, -0.2) is 36.2 Å². The molecular weight excluding hydrogens is 468 g/mol. The number of methoxy groups -OCH3 is 1. The number of halogens is 1. The number of hydrogen-bond acceptors (Lipinski definition) is 5. The van der Waals surface area contributed by atoms with Gasteiger partial charge >= 0.3 is 0 Å². The van der Waals surface area contributed by atoms with Gasteiger partial charge in [-0.25, -0.2) is 10.4 Å². The number of carbonyl (C=O) groups is 1. The van der Waals surface area contributed by atoms with Crippen LogP contribution in [0.1, 0.15) is 23.1 Å². The van der Waals surface area contributed by atoms with Gasteiger partial charge in [-0.2, -0.15) is 5.10 Å². The predicted molar refractivity (Wildman–Crippen MR) is 140 cm³/mol. The molecule has 0 atom stereocenters. The second-order valence-electron chi connectivity index (χ2n) is 7.97. The summed E-state index contributed by atoms with van der Waals surface area (Å²) in [7, 11) is 1.61. The Morgan fingerprint density at radius 1 is 1.15 bits per heavy atom. The minimum Gasteiger partial charge on any atom is -0.495 e. The molecule has 6 nitrogen and oxygen atoms in total. The molecule has 0 unspecified atom stereocenters.